The van der Waals surface area contributed by atoms with Gasteiger partial charge in [0.15, 0.2) is 6.10 Å². The van der Waals surface area contributed by atoms with Crippen LogP contribution in [-0.2, 0) is 9.53 Å². The minimum Gasteiger partial charge on any atom is -0.449 e. The molecule has 1 aromatic carbocycles. The fraction of sp³-hybridized carbons (Fsp3) is 0.438. The molecule has 0 heterocycles. The third kappa shape index (κ3) is 6.21. The quantitative estimate of drug-likeness (QED) is 0.485. The number of imide groups is 1. The van der Waals surface area contributed by atoms with Gasteiger partial charge in [0.1, 0.15) is 0 Å². The smallest absolute Gasteiger partial charge is 0.338 e. The number of amides is 3. The van der Waals surface area contributed by atoms with E-state index in [-0.39, 0.29) is 11.3 Å². The van der Waals surface area contributed by atoms with Crippen molar-refractivity contribution >= 4 is 23.6 Å². The molecule has 25 heavy (non-hydrogen) atoms. The lowest BCUT2D eigenvalue weighted by atomic mass is 10.1. The van der Waals surface area contributed by atoms with Crippen LogP contribution in [0.4, 0.5) is 10.5 Å². The predicted octanol–water partition coefficient (Wildman–Crippen LogP) is 2.07. The van der Waals surface area contributed by atoms with Gasteiger partial charge in [0.05, 0.1) is 10.5 Å². The fourth-order valence-electron chi connectivity index (χ4n) is 1.85. The van der Waals surface area contributed by atoms with Gasteiger partial charge in [-0.05, 0) is 46.8 Å². The molecule has 1 atom stereocenters. The zero-order valence-corrected chi connectivity index (χ0v) is 14.7. The second kappa shape index (κ2) is 7.73. The number of ether oxygens (including phenoxy) is 1. The van der Waals surface area contributed by atoms with Crippen molar-refractivity contribution in [2.45, 2.75) is 46.3 Å². The number of esters is 1. The Morgan fingerprint density at radius 3 is 2.32 bits per heavy atom. The number of carbonyl (C=O) groups is 3. The maximum atomic E-state index is 12.0. The van der Waals surface area contributed by atoms with E-state index >= 15 is 0 Å². The molecule has 3 amide bonds. The minimum atomic E-state index is -1.21. The molecular formula is C16H21N3O6. The van der Waals surface area contributed by atoms with Crippen LogP contribution in [0.2, 0.25) is 0 Å². The molecule has 0 fully saturated rings. The Labute approximate surface area is 144 Å². The molecular weight excluding hydrogens is 330 g/mol. The normalized spacial score (nSPS) is 12.0. The highest BCUT2D eigenvalue weighted by atomic mass is 16.6. The SMILES string of the molecule is Cc1cc(C(=O)OC(C)C(=O)NC(=O)NC(C)(C)C)ccc1[N+](=O)[O-]. The molecule has 1 unspecified atom stereocenters. The van der Waals surface area contributed by atoms with Gasteiger partial charge in [-0.1, -0.05) is 0 Å². The number of urea groups is 1. The fourth-order valence-corrected chi connectivity index (χ4v) is 1.85. The standard InChI is InChI=1S/C16H21N3O6/c1-9-8-11(6-7-12(9)19(23)24)14(21)25-10(2)13(20)17-15(22)18-16(3,4)5/h6-8,10H,1-5H3,(H2,17,18,20,22). The van der Waals surface area contributed by atoms with Gasteiger partial charge in [-0.25, -0.2) is 9.59 Å². The Balaban J connectivity index is 2.70. The molecule has 0 saturated heterocycles. The molecule has 0 spiro atoms. The van der Waals surface area contributed by atoms with E-state index in [0.717, 1.165) is 0 Å². The molecule has 0 aliphatic carbocycles. The van der Waals surface area contributed by atoms with Gasteiger partial charge in [0.25, 0.3) is 11.6 Å². The van der Waals surface area contributed by atoms with Crippen molar-refractivity contribution in [1.29, 1.82) is 0 Å². The lowest BCUT2D eigenvalue weighted by Crippen LogP contribution is -2.50. The Morgan fingerprint density at radius 1 is 1.24 bits per heavy atom. The molecule has 0 saturated carbocycles. The van der Waals surface area contributed by atoms with Crippen molar-refractivity contribution in [3.63, 3.8) is 0 Å². The Hall–Kier alpha value is -2.97. The summed E-state index contributed by atoms with van der Waals surface area (Å²) in [6.45, 7) is 8.05. The van der Waals surface area contributed by atoms with E-state index in [1.54, 1.807) is 20.8 Å². The first kappa shape index (κ1) is 20.1. The number of nitrogens with zero attached hydrogens (tertiary/aromatic N) is 1. The monoisotopic (exact) mass is 351 g/mol. The van der Waals surface area contributed by atoms with Crippen molar-refractivity contribution in [2.24, 2.45) is 0 Å². The average Bonchev–Trinajstić information content (AvgIpc) is 2.44. The molecule has 0 aliphatic heterocycles. The third-order valence-corrected chi connectivity index (χ3v) is 3.01. The van der Waals surface area contributed by atoms with Crippen molar-refractivity contribution in [3.8, 4) is 0 Å². The van der Waals surface area contributed by atoms with Crippen molar-refractivity contribution < 1.29 is 24.0 Å². The van der Waals surface area contributed by atoms with E-state index < -0.39 is 34.5 Å². The van der Waals surface area contributed by atoms with Gasteiger partial charge in [-0.15, -0.1) is 0 Å². The number of rotatable bonds is 4. The van der Waals surface area contributed by atoms with Crippen LogP contribution in [0.15, 0.2) is 18.2 Å². The molecule has 0 aliphatic rings. The number of aryl methyl sites for hydroxylation is 1. The zero-order chi connectivity index (χ0) is 19.4. The molecule has 0 aromatic heterocycles. The van der Waals surface area contributed by atoms with E-state index in [4.69, 9.17) is 4.74 Å². The number of carbonyl (C=O) groups excluding carboxylic acids is 3. The molecule has 9 heteroatoms. The largest absolute Gasteiger partial charge is 0.449 e. The summed E-state index contributed by atoms with van der Waals surface area (Å²) in [5, 5.41) is 15.4. The number of hydrogen-bond acceptors (Lipinski definition) is 6. The van der Waals surface area contributed by atoms with Gasteiger partial charge in [0.2, 0.25) is 0 Å². The summed E-state index contributed by atoms with van der Waals surface area (Å²) in [5.74, 6) is -1.61. The van der Waals surface area contributed by atoms with E-state index in [9.17, 15) is 24.5 Å². The van der Waals surface area contributed by atoms with Crippen molar-refractivity contribution in [3.05, 3.63) is 39.4 Å². The van der Waals surface area contributed by atoms with Crippen LogP contribution < -0.4 is 10.6 Å². The van der Waals surface area contributed by atoms with Gasteiger partial charge < -0.3 is 10.1 Å². The highest BCUT2D eigenvalue weighted by Crippen LogP contribution is 2.19. The number of hydrogen-bond donors (Lipinski definition) is 2. The molecule has 136 valence electrons. The van der Waals surface area contributed by atoms with Crippen LogP contribution >= 0.6 is 0 Å². The Morgan fingerprint density at radius 2 is 1.84 bits per heavy atom. The Bertz CT molecular complexity index is 708. The summed E-state index contributed by atoms with van der Waals surface area (Å²) < 4.78 is 4.98. The molecule has 1 aromatic rings. The summed E-state index contributed by atoms with van der Waals surface area (Å²) in [5.41, 5.74) is -0.287. The maximum absolute atomic E-state index is 12.0. The van der Waals surface area contributed by atoms with Crippen LogP contribution in [0.5, 0.6) is 0 Å². The third-order valence-electron chi connectivity index (χ3n) is 3.01. The van der Waals surface area contributed by atoms with Crippen LogP contribution in [0.3, 0.4) is 0 Å². The van der Waals surface area contributed by atoms with Gasteiger partial charge >= 0.3 is 12.0 Å². The van der Waals surface area contributed by atoms with E-state index in [1.807, 2.05) is 0 Å². The highest BCUT2D eigenvalue weighted by Gasteiger charge is 2.23. The predicted molar refractivity (Wildman–Crippen MR) is 89.1 cm³/mol. The van der Waals surface area contributed by atoms with Crippen molar-refractivity contribution in [2.75, 3.05) is 0 Å². The summed E-state index contributed by atoms with van der Waals surface area (Å²) >= 11 is 0. The molecule has 1 rings (SSSR count). The number of nitro groups is 1. The molecule has 2 N–H and O–H groups in total. The molecule has 0 bridgehead atoms. The summed E-state index contributed by atoms with van der Waals surface area (Å²) in [7, 11) is 0. The highest BCUT2D eigenvalue weighted by molar-refractivity contribution is 5.98. The topological polar surface area (TPSA) is 128 Å². The van der Waals surface area contributed by atoms with Crippen LogP contribution in [-0.4, -0.2) is 34.5 Å². The molecule has 9 nitrogen and oxygen atoms in total. The first-order valence-corrected chi connectivity index (χ1v) is 7.50. The lowest BCUT2D eigenvalue weighted by Gasteiger charge is -2.21. The second-order valence-electron chi connectivity index (χ2n) is 6.50. The first-order chi connectivity index (χ1) is 11.4. The van der Waals surface area contributed by atoms with Gasteiger partial charge in [-0.2, -0.15) is 0 Å². The lowest BCUT2D eigenvalue weighted by molar-refractivity contribution is -0.385. The molecule has 0 radical (unpaired) electrons. The summed E-state index contributed by atoms with van der Waals surface area (Å²) in [6, 6.07) is 3.03. The van der Waals surface area contributed by atoms with Crippen LogP contribution in [0.1, 0.15) is 43.6 Å². The second-order valence-corrected chi connectivity index (χ2v) is 6.50. The number of nitro benzene ring substituents is 1. The Kier molecular flexibility index (Phi) is 6.21. The van der Waals surface area contributed by atoms with E-state index in [0.29, 0.717) is 5.56 Å². The van der Waals surface area contributed by atoms with E-state index in [1.165, 1.54) is 32.0 Å². The van der Waals surface area contributed by atoms with Crippen molar-refractivity contribution in [1.82, 2.24) is 10.6 Å². The van der Waals surface area contributed by atoms with Crippen LogP contribution in [0, 0.1) is 17.0 Å². The number of benzene rings is 1. The maximum Gasteiger partial charge on any atom is 0.338 e. The van der Waals surface area contributed by atoms with E-state index in [2.05, 4.69) is 10.6 Å². The average molecular weight is 351 g/mol. The first-order valence-electron chi connectivity index (χ1n) is 7.50. The van der Waals surface area contributed by atoms with Crippen LogP contribution in [0.25, 0.3) is 0 Å². The van der Waals surface area contributed by atoms with Gasteiger partial charge in [-0.3, -0.25) is 20.2 Å². The van der Waals surface area contributed by atoms with Gasteiger partial charge in [0, 0.05) is 17.2 Å². The minimum absolute atomic E-state index is 0.0712. The zero-order valence-electron chi connectivity index (χ0n) is 14.7. The summed E-state index contributed by atoms with van der Waals surface area (Å²) in [4.78, 5) is 45.7. The summed E-state index contributed by atoms with van der Waals surface area (Å²) in [6.07, 6.45) is -1.21. The number of nitrogens with one attached hydrogen (secondary N) is 2.